The van der Waals surface area contributed by atoms with Crippen LogP contribution in [0.15, 0.2) is 0 Å². The van der Waals surface area contributed by atoms with E-state index < -0.39 is 73.7 Å². The smallest absolute Gasteiger partial charge is 0.317 e. The molecule has 0 bridgehead atoms. The summed E-state index contributed by atoms with van der Waals surface area (Å²) in [5.41, 5.74) is 3.32. The van der Waals surface area contributed by atoms with E-state index in [4.69, 9.17) is 5.73 Å². The van der Waals surface area contributed by atoms with Crippen molar-refractivity contribution in [1.82, 2.24) is 10.2 Å². The lowest BCUT2D eigenvalue weighted by Crippen LogP contribution is -2.61. The SMILES string of the molecule is NCCCCNCC(CC(=O)O)C(CC(=O)O)(CC(=O)O)N(CC(=O)O)CC(=O)O. The summed E-state index contributed by atoms with van der Waals surface area (Å²) in [6.07, 6.45) is -1.32. The molecule has 0 saturated carbocycles. The van der Waals surface area contributed by atoms with E-state index in [0.29, 0.717) is 25.9 Å². The lowest BCUT2D eigenvalue weighted by atomic mass is 9.74. The maximum Gasteiger partial charge on any atom is 0.317 e. The number of carboxylic acid groups (broad SMARTS) is 5. The average Bonchev–Trinajstić information content (AvgIpc) is 2.57. The van der Waals surface area contributed by atoms with Gasteiger partial charge in [-0.05, 0) is 25.9 Å². The molecule has 0 aliphatic carbocycles. The predicted octanol–water partition coefficient (Wildman–Crippen LogP) is -1.43. The molecule has 0 saturated heterocycles. The van der Waals surface area contributed by atoms with Crippen LogP contribution in [0.4, 0.5) is 0 Å². The second-order valence-electron chi connectivity index (χ2n) is 6.88. The normalized spacial score (nSPS) is 12.5. The summed E-state index contributed by atoms with van der Waals surface area (Å²) in [5.74, 6) is -8.64. The molecule has 0 aliphatic rings. The molecule has 0 rings (SSSR count). The summed E-state index contributed by atoms with van der Waals surface area (Å²) in [6, 6.07) is 0. The van der Waals surface area contributed by atoms with Gasteiger partial charge in [0, 0.05) is 18.0 Å². The molecule has 172 valence electrons. The Morgan fingerprint density at radius 3 is 1.67 bits per heavy atom. The summed E-state index contributed by atoms with van der Waals surface area (Å²) >= 11 is 0. The molecular formula is C17H29N3O10. The molecule has 1 atom stereocenters. The number of hydrogen-bond donors (Lipinski definition) is 7. The third kappa shape index (κ3) is 10.1. The number of aliphatic carboxylic acids is 5. The van der Waals surface area contributed by atoms with Gasteiger partial charge in [0.05, 0.1) is 32.4 Å². The summed E-state index contributed by atoms with van der Waals surface area (Å²) in [7, 11) is 0. The monoisotopic (exact) mass is 435 g/mol. The van der Waals surface area contributed by atoms with Crippen molar-refractivity contribution in [1.29, 1.82) is 0 Å². The Morgan fingerprint density at radius 1 is 0.800 bits per heavy atom. The van der Waals surface area contributed by atoms with Crippen LogP contribution in [0, 0.1) is 5.92 Å². The Morgan fingerprint density at radius 2 is 1.30 bits per heavy atom. The van der Waals surface area contributed by atoms with Gasteiger partial charge in [0.2, 0.25) is 0 Å². The van der Waals surface area contributed by atoms with Gasteiger partial charge in [0.25, 0.3) is 0 Å². The number of nitrogens with two attached hydrogens (primary N) is 1. The van der Waals surface area contributed by atoms with Gasteiger partial charge in [-0.1, -0.05) is 0 Å². The van der Waals surface area contributed by atoms with Crippen LogP contribution in [0.2, 0.25) is 0 Å². The third-order valence-corrected chi connectivity index (χ3v) is 4.58. The van der Waals surface area contributed by atoms with Gasteiger partial charge in [0.15, 0.2) is 0 Å². The van der Waals surface area contributed by atoms with Gasteiger partial charge in [-0.3, -0.25) is 28.9 Å². The zero-order valence-electron chi connectivity index (χ0n) is 16.5. The van der Waals surface area contributed by atoms with Crippen LogP contribution in [-0.4, -0.2) is 98.5 Å². The van der Waals surface area contributed by atoms with Crippen LogP contribution < -0.4 is 11.1 Å². The first-order valence-electron chi connectivity index (χ1n) is 9.19. The molecule has 0 radical (unpaired) electrons. The van der Waals surface area contributed by atoms with Crippen molar-refractivity contribution in [3.05, 3.63) is 0 Å². The Kier molecular flexibility index (Phi) is 12.2. The lowest BCUT2D eigenvalue weighted by Gasteiger charge is -2.46. The van der Waals surface area contributed by atoms with Crippen molar-refractivity contribution in [2.24, 2.45) is 11.7 Å². The average molecular weight is 435 g/mol. The van der Waals surface area contributed by atoms with E-state index in [0.717, 1.165) is 4.90 Å². The molecule has 0 heterocycles. The number of unbranched alkanes of at least 4 members (excludes halogenated alkanes) is 1. The number of nitrogens with zero attached hydrogens (tertiary/aromatic N) is 1. The summed E-state index contributed by atoms with van der Waals surface area (Å²) in [5, 5.41) is 49.4. The van der Waals surface area contributed by atoms with Crippen LogP contribution >= 0.6 is 0 Å². The number of carbonyl (C=O) groups is 5. The zero-order valence-corrected chi connectivity index (χ0v) is 16.5. The van der Waals surface area contributed by atoms with Crippen LogP contribution in [-0.2, 0) is 24.0 Å². The first kappa shape index (κ1) is 27.2. The van der Waals surface area contributed by atoms with E-state index in [1.54, 1.807) is 0 Å². The molecule has 0 fully saturated rings. The molecule has 13 nitrogen and oxygen atoms in total. The standard InChI is InChI=1S/C17H29N3O10/c18-3-1-2-4-19-8-11(5-12(21)22)17(6-13(23)24,7-14(25)26)20(9-15(27)28)10-16(29)30/h11,19H,1-10,18H2,(H,21,22)(H,23,24)(H,25,26)(H,27,28)(H,29,30). The summed E-state index contributed by atoms with van der Waals surface area (Å²) < 4.78 is 0. The molecule has 0 aromatic carbocycles. The van der Waals surface area contributed by atoms with Gasteiger partial charge < -0.3 is 36.6 Å². The molecule has 1 unspecified atom stereocenters. The Balaban J connectivity index is 6.27. The predicted molar refractivity (Wildman–Crippen MR) is 101 cm³/mol. The zero-order chi connectivity index (χ0) is 23.3. The van der Waals surface area contributed by atoms with E-state index in [2.05, 4.69) is 5.32 Å². The van der Waals surface area contributed by atoms with Crippen molar-refractivity contribution in [2.45, 2.75) is 37.6 Å². The molecule has 13 heteroatoms. The minimum atomic E-state index is -2.08. The van der Waals surface area contributed by atoms with Crippen molar-refractivity contribution in [3.8, 4) is 0 Å². The maximum absolute atomic E-state index is 11.6. The molecule has 0 amide bonds. The van der Waals surface area contributed by atoms with Crippen molar-refractivity contribution in [2.75, 3.05) is 32.7 Å². The topological polar surface area (TPSA) is 228 Å². The molecule has 0 aromatic heterocycles. The van der Waals surface area contributed by atoms with E-state index in [-0.39, 0.29) is 6.54 Å². The van der Waals surface area contributed by atoms with Crippen LogP contribution in [0.5, 0.6) is 0 Å². The molecule has 30 heavy (non-hydrogen) atoms. The highest BCUT2D eigenvalue weighted by molar-refractivity contribution is 5.77. The van der Waals surface area contributed by atoms with Crippen molar-refractivity contribution >= 4 is 29.8 Å². The van der Waals surface area contributed by atoms with Gasteiger partial charge in [0.1, 0.15) is 0 Å². The number of carboxylic acids is 5. The molecule has 0 aliphatic heterocycles. The van der Waals surface area contributed by atoms with Crippen molar-refractivity contribution < 1.29 is 49.5 Å². The first-order valence-corrected chi connectivity index (χ1v) is 9.19. The maximum atomic E-state index is 11.6. The Hall–Kier alpha value is -2.77. The minimum Gasteiger partial charge on any atom is -0.481 e. The van der Waals surface area contributed by atoms with Gasteiger partial charge in [-0.15, -0.1) is 0 Å². The van der Waals surface area contributed by atoms with Crippen LogP contribution in [0.25, 0.3) is 0 Å². The third-order valence-electron chi connectivity index (χ3n) is 4.58. The summed E-state index contributed by atoms with van der Waals surface area (Å²) in [6.45, 7) is -1.31. The second kappa shape index (κ2) is 13.5. The molecule has 0 aromatic rings. The Labute approximate surface area is 172 Å². The fraction of sp³-hybridized carbons (Fsp3) is 0.706. The Bertz CT molecular complexity index is 593. The number of nitrogens with one attached hydrogen (secondary N) is 1. The van der Waals surface area contributed by atoms with Gasteiger partial charge in [-0.2, -0.15) is 0 Å². The fourth-order valence-corrected chi connectivity index (χ4v) is 3.39. The van der Waals surface area contributed by atoms with E-state index in [1.165, 1.54) is 0 Å². The van der Waals surface area contributed by atoms with Gasteiger partial charge >= 0.3 is 29.8 Å². The molecule has 0 spiro atoms. The largest absolute Gasteiger partial charge is 0.481 e. The quantitative estimate of drug-likeness (QED) is 0.123. The van der Waals surface area contributed by atoms with Crippen molar-refractivity contribution in [3.63, 3.8) is 0 Å². The second-order valence-corrected chi connectivity index (χ2v) is 6.88. The molecule has 8 N–H and O–H groups in total. The minimum absolute atomic E-state index is 0.160. The summed E-state index contributed by atoms with van der Waals surface area (Å²) in [4.78, 5) is 57.9. The first-order chi connectivity index (χ1) is 13.9. The highest BCUT2D eigenvalue weighted by Crippen LogP contribution is 2.35. The van der Waals surface area contributed by atoms with Crippen LogP contribution in [0.3, 0.4) is 0 Å². The van der Waals surface area contributed by atoms with E-state index in [1.807, 2.05) is 0 Å². The number of hydrogen-bond acceptors (Lipinski definition) is 8. The highest BCUT2D eigenvalue weighted by atomic mass is 16.4. The highest BCUT2D eigenvalue weighted by Gasteiger charge is 2.49. The lowest BCUT2D eigenvalue weighted by molar-refractivity contribution is -0.159. The van der Waals surface area contributed by atoms with Gasteiger partial charge in [-0.25, -0.2) is 0 Å². The van der Waals surface area contributed by atoms with Crippen LogP contribution in [0.1, 0.15) is 32.1 Å². The number of rotatable bonds is 18. The molecular weight excluding hydrogens is 406 g/mol. The fourth-order valence-electron chi connectivity index (χ4n) is 3.39. The van der Waals surface area contributed by atoms with E-state index in [9.17, 15) is 49.5 Å². The van der Waals surface area contributed by atoms with E-state index >= 15 is 0 Å².